The number of aromatic amines is 1. The topological polar surface area (TPSA) is 89.1 Å². The summed E-state index contributed by atoms with van der Waals surface area (Å²) in [6.45, 7) is 0. The molecule has 2 N–H and O–H groups in total. The maximum atomic E-state index is 11.7. The van der Waals surface area contributed by atoms with Crippen LogP contribution in [0.1, 0.15) is 35.2 Å². The van der Waals surface area contributed by atoms with Gasteiger partial charge >= 0.3 is 0 Å². The summed E-state index contributed by atoms with van der Waals surface area (Å²) in [5.74, 6) is 4.47. The predicted octanol–water partition coefficient (Wildman–Crippen LogP) is 4.28. The predicted molar refractivity (Wildman–Crippen MR) is 114 cm³/mol. The first-order valence-corrected chi connectivity index (χ1v) is 10.5. The maximum absolute atomic E-state index is 11.7. The van der Waals surface area contributed by atoms with Gasteiger partial charge in [0.15, 0.2) is 0 Å². The number of imidazole rings is 1. The monoisotopic (exact) mass is 410 g/mol. The van der Waals surface area contributed by atoms with E-state index < -0.39 is 0 Å². The van der Waals surface area contributed by atoms with E-state index >= 15 is 0 Å². The summed E-state index contributed by atoms with van der Waals surface area (Å²) >= 11 is 0. The van der Waals surface area contributed by atoms with Crippen LogP contribution in [0, 0.1) is 0 Å². The Morgan fingerprint density at radius 1 is 1.06 bits per heavy atom. The number of pyridine rings is 1. The van der Waals surface area contributed by atoms with Crippen molar-refractivity contribution in [2.75, 3.05) is 5.32 Å². The van der Waals surface area contributed by atoms with Gasteiger partial charge in [0, 0.05) is 29.7 Å². The number of aromatic nitrogens is 3. The Labute approximate surface area is 177 Å². The SMILES string of the molecule is O=C1CCc2c(Oc3ccc4c(c3)C3C(O4)C3c3nc4ccccc4[nH]3)ccnc2N1. The molecule has 1 saturated carbocycles. The van der Waals surface area contributed by atoms with Crippen molar-refractivity contribution in [2.45, 2.75) is 30.8 Å². The van der Waals surface area contributed by atoms with E-state index in [1.165, 1.54) is 0 Å². The second-order valence-electron chi connectivity index (χ2n) is 8.26. The molecule has 0 bridgehead atoms. The zero-order valence-electron chi connectivity index (χ0n) is 16.5. The van der Waals surface area contributed by atoms with Crippen LogP contribution >= 0.6 is 0 Å². The highest BCUT2D eigenvalue weighted by Crippen LogP contribution is 2.63. The van der Waals surface area contributed by atoms with Gasteiger partial charge in [-0.15, -0.1) is 0 Å². The van der Waals surface area contributed by atoms with E-state index in [0.717, 1.165) is 45.2 Å². The Balaban J connectivity index is 1.18. The summed E-state index contributed by atoms with van der Waals surface area (Å²) in [6.07, 6.45) is 2.84. The van der Waals surface area contributed by atoms with Crippen molar-refractivity contribution in [3.8, 4) is 17.2 Å². The molecule has 3 aliphatic rings. The van der Waals surface area contributed by atoms with E-state index in [9.17, 15) is 4.79 Å². The highest BCUT2D eigenvalue weighted by Gasteiger charge is 2.61. The molecule has 7 nitrogen and oxygen atoms in total. The largest absolute Gasteiger partial charge is 0.489 e. The molecular formula is C24H18N4O3. The van der Waals surface area contributed by atoms with Crippen molar-refractivity contribution in [3.63, 3.8) is 0 Å². The van der Waals surface area contributed by atoms with Crippen molar-refractivity contribution in [3.05, 3.63) is 71.7 Å². The van der Waals surface area contributed by atoms with Crippen molar-refractivity contribution in [2.24, 2.45) is 0 Å². The maximum Gasteiger partial charge on any atom is 0.225 e. The number of carbonyl (C=O) groups excluding carboxylic acids is 1. The fraction of sp³-hybridized carbons (Fsp3) is 0.208. The van der Waals surface area contributed by atoms with Crippen molar-refractivity contribution >= 4 is 22.8 Å². The van der Waals surface area contributed by atoms with Crippen LogP contribution in [-0.2, 0) is 11.2 Å². The third-order valence-corrected chi connectivity index (χ3v) is 6.38. The minimum absolute atomic E-state index is 0.0109. The molecule has 1 aliphatic carbocycles. The lowest BCUT2D eigenvalue weighted by Gasteiger charge is -2.19. The minimum atomic E-state index is -0.0109. The summed E-state index contributed by atoms with van der Waals surface area (Å²) in [5, 5.41) is 2.82. The second-order valence-corrected chi connectivity index (χ2v) is 8.26. The summed E-state index contributed by atoms with van der Waals surface area (Å²) in [5.41, 5.74) is 4.12. The van der Waals surface area contributed by atoms with Gasteiger partial charge in [-0.05, 0) is 42.8 Å². The first-order chi connectivity index (χ1) is 15.2. The standard InChI is InChI=1S/C24H18N4O3/c29-19-8-6-13-18(9-10-25-23(13)28-19)30-12-5-7-17-14(11-12)20-21(22(20)31-17)24-26-15-3-1-2-4-16(15)27-24/h1-5,7,9-11,20-22H,6,8H2,(H,26,27)(H,25,28,29). The molecule has 4 aromatic rings. The number of carbonyl (C=O) groups is 1. The lowest BCUT2D eigenvalue weighted by Crippen LogP contribution is -2.20. The zero-order chi connectivity index (χ0) is 20.5. The van der Waals surface area contributed by atoms with Crippen LogP contribution in [0.2, 0.25) is 0 Å². The third-order valence-electron chi connectivity index (χ3n) is 6.38. The Bertz CT molecular complexity index is 1350. The van der Waals surface area contributed by atoms with Crippen LogP contribution in [0.4, 0.5) is 5.82 Å². The number of ether oxygens (including phenoxy) is 2. The molecule has 2 aliphatic heterocycles. The Morgan fingerprint density at radius 2 is 2.00 bits per heavy atom. The van der Waals surface area contributed by atoms with Crippen molar-refractivity contribution < 1.29 is 14.3 Å². The van der Waals surface area contributed by atoms with Crippen LogP contribution in [0.15, 0.2) is 54.7 Å². The highest BCUT2D eigenvalue weighted by molar-refractivity contribution is 5.93. The number of amides is 1. The van der Waals surface area contributed by atoms with E-state index in [1.807, 2.05) is 42.5 Å². The summed E-state index contributed by atoms with van der Waals surface area (Å²) in [7, 11) is 0. The first kappa shape index (κ1) is 16.9. The summed E-state index contributed by atoms with van der Waals surface area (Å²) < 4.78 is 12.4. The number of rotatable bonds is 3. The zero-order valence-corrected chi connectivity index (χ0v) is 16.5. The second kappa shape index (κ2) is 6.07. The van der Waals surface area contributed by atoms with E-state index in [0.29, 0.717) is 18.7 Å². The highest BCUT2D eigenvalue weighted by atomic mass is 16.5. The number of H-pyrrole nitrogens is 1. The van der Waals surface area contributed by atoms with Crippen molar-refractivity contribution in [1.29, 1.82) is 0 Å². The van der Waals surface area contributed by atoms with E-state index in [1.54, 1.807) is 6.20 Å². The number of hydrogen-bond acceptors (Lipinski definition) is 5. The number of nitrogens with zero attached hydrogens (tertiary/aromatic N) is 2. The number of fused-ring (bicyclic) bond motifs is 5. The Kier molecular flexibility index (Phi) is 3.31. The lowest BCUT2D eigenvalue weighted by atomic mass is 10.1. The molecule has 0 saturated heterocycles. The van der Waals surface area contributed by atoms with Gasteiger partial charge in [-0.1, -0.05) is 12.1 Å². The quantitative estimate of drug-likeness (QED) is 0.526. The molecule has 1 amide bonds. The number of hydrogen-bond donors (Lipinski definition) is 2. The van der Waals surface area contributed by atoms with Crippen LogP contribution in [0.25, 0.3) is 11.0 Å². The first-order valence-electron chi connectivity index (χ1n) is 10.5. The lowest BCUT2D eigenvalue weighted by molar-refractivity contribution is -0.116. The van der Waals surface area contributed by atoms with Crippen molar-refractivity contribution in [1.82, 2.24) is 15.0 Å². The van der Waals surface area contributed by atoms with Crippen LogP contribution in [0.5, 0.6) is 17.2 Å². The molecule has 2 aromatic carbocycles. The fourth-order valence-corrected chi connectivity index (χ4v) is 4.84. The Morgan fingerprint density at radius 3 is 2.94 bits per heavy atom. The van der Waals surface area contributed by atoms with E-state index in [-0.39, 0.29) is 23.8 Å². The van der Waals surface area contributed by atoms with Gasteiger partial charge in [0.2, 0.25) is 5.91 Å². The van der Waals surface area contributed by atoms with Gasteiger partial charge in [0.05, 0.1) is 17.0 Å². The van der Waals surface area contributed by atoms with E-state index in [2.05, 4.69) is 21.4 Å². The number of para-hydroxylation sites is 2. The van der Waals surface area contributed by atoms with Gasteiger partial charge in [0.1, 0.15) is 35.0 Å². The normalized spacial score (nSPS) is 22.8. The molecule has 4 heterocycles. The molecule has 3 unspecified atom stereocenters. The summed E-state index contributed by atoms with van der Waals surface area (Å²) in [6, 6.07) is 15.9. The molecular weight excluding hydrogens is 392 g/mol. The molecule has 7 heteroatoms. The minimum Gasteiger partial charge on any atom is -0.489 e. The molecule has 152 valence electrons. The molecule has 2 aromatic heterocycles. The third kappa shape index (κ3) is 2.56. The van der Waals surface area contributed by atoms with Crippen LogP contribution in [0.3, 0.4) is 0 Å². The fourth-order valence-electron chi connectivity index (χ4n) is 4.84. The van der Waals surface area contributed by atoms with E-state index in [4.69, 9.17) is 14.5 Å². The van der Waals surface area contributed by atoms with Gasteiger partial charge in [-0.25, -0.2) is 9.97 Å². The molecule has 1 fully saturated rings. The summed E-state index contributed by atoms with van der Waals surface area (Å²) in [4.78, 5) is 24.1. The van der Waals surface area contributed by atoms with Gasteiger partial charge in [-0.2, -0.15) is 0 Å². The number of anilines is 1. The average Bonchev–Trinajstić information content (AvgIpc) is 3.13. The smallest absolute Gasteiger partial charge is 0.225 e. The number of nitrogens with one attached hydrogen (secondary N) is 2. The van der Waals surface area contributed by atoms with Gasteiger partial charge < -0.3 is 19.8 Å². The molecule has 31 heavy (non-hydrogen) atoms. The van der Waals surface area contributed by atoms with Gasteiger partial charge in [-0.3, -0.25) is 4.79 Å². The molecule has 7 rings (SSSR count). The van der Waals surface area contributed by atoms with Gasteiger partial charge in [0.25, 0.3) is 0 Å². The van der Waals surface area contributed by atoms with Crippen LogP contribution in [-0.4, -0.2) is 27.0 Å². The number of benzene rings is 2. The molecule has 0 spiro atoms. The molecule has 0 radical (unpaired) electrons. The molecule has 3 atom stereocenters. The average molecular weight is 410 g/mol. The van der Waals surface area contributed by atoms with Crippen LogP contribution < -0.4 is 14.8 Å². The Hall–Kier alpha value is -3.87.